The monoisotopic (exact) mass is 432 g/mol. The molecule has 1 aromatic carbocycles. The lowest BCUT2D eigenvalue weighted by molar-refractivity contribution is -0.299. The molecule has 166 valence electrons. The molecule has 5 rings (SSSR count). The Kier molecular flexibility index (Phi) is 4.67. The quantitative estimate of drug-likeness (QED) is 0.609. The Labute approximate surface area is 180 Å². The molecule has 0 saturated heterocycles. The van der Waals surface area contributed by atoms with Gasteiger partial charge in [0.2, 0.25) is 0 Å². The summed E-state index contributed by atoms with van der Waals surface area (Å²) < 4.78 is 48.0. The van der Waals surface area contributed by atoms with E-state index in [4.69, 9.17) is 4.74 Å². The highest BCUT2D eigenvalue weighted by molar-refractivity contribution is 5.74. The zero-order valence-electron chi connectivity index (χ0n) is 17.5. The predicted octanol–water partition coefficient (Wildman–Crippen LogP) is 5.71. The Morgan fingerprint density at radius 1 is 1.16 bits per heavy atom. The van der Waals surface area contributed by atoms with Crippen molar-refractivity contribution in [1.82, 2.24) is 0 Å². The van der Waals surface area contributed by atoms with Gasteiger partial charge in [0.1, 0.15) is 6.29 Å². The van der Waals surface area contributed by atoms with Crippen LogP contribution in [-0.2, 0) is 4.74 Å². The molecule has 3 nitrogen and oxygen atoms in total. The molecule has 0 aromatic heterocycles. The molecule has 6 heteroatoms. The first-order chi connectivity index (χ1) is 14.7. The van der Waals surface area contributed by atoms with E-state index in [1.54, 1.807) is 19.1 Å². The van der Waals surface area contributed by atoms with Crippen molar-refractivity contribution in [3.8, 4) is 0 Å². The molecule has 1 heterocycles. The van der Waals surface area contributed by atoms with Crippen LogP contribution in [0.25, 0.3) is 0 Å². The molecule has 0 spiro atoms. The lowest BCUT2D eigenvalue weighted by Gasteiger charge is -2.54. The summed E-state index contributed by atoms with van der Waals surface area (Å²) in [6.45, 7) is 2.24. The number of halogens is 3. The number of hydrogen-bond donors (Lipinski definition) is 1. The predicted molar refractivity (Wildman–Crippen MR) is 109 cm³/mol. The average Bonchev–Trinajstić information content (AvgIpc) is 3.05. The molecule has 2 fully saturated rings. The Balaban J connectivity index is 1.68. The van der Waals surface area contributed by atoms with Crippen molar-refractivity contribution >= 4 is 6.29 Å². The fraction of sp³-hybridized carbons (Fsp3) is 0.560. The third kappa shape index (κ3) is 2.86. The van der Waals surface area contributed by atoms with E-state index in [0.717, 1.165) is 31.1 Å². The third-order valence-corrected chi connectivity index (χ3v) is 8.57. The van der Waals surface area contributed by atoms with E-state index in [0.29, 0.717) is 18.6 Å². The van der Waals surface area contributed by atoms with Crippen LogP contribution >= 0.6 is 0 Å². The molecule has 31 heavy (non-hydrogen) atoms. The maximum absolute atomic E-state index is 14.2. The van der Waals surface area contributed by atoms with E-state index < -0.39 is 17.2 Å². The molecule has 1 aromatic rings. The summed E-state index contributed by atoms with van der Waals surface area (Å²) in [5.74, 6) is -0.386. The van der Waals surface area contributed by atoms with Crippen molar-refractivity contribution in [3.05, 3.63) is 58.4 Å². The first-order valence-electron chi connectivity index (χ1n) is 11.1. The minimum absolute atomic E-state index is 0.0242. The van der Waals surface area contributed by atoms with E-state index in [-0.39, 0.29) is 30.6 Å². The molecular formula is C25H27F3O3. The number of carbonyl (C=O) groups excluding carboxylic acids is 1. The highest BCUT2D eigenvalue weighted by atomic mass is 19.4. The van der Waals surface area contributed by atoms with Gasteiger partial charge in [-0.3, -0.25) is 4.79 Å². The summed E-state index contributed by atoms with van der Waals surface area (Å²) in [5.41, 5.74) is 1.20. The molecule has 4 unspecified atom stereocenters. The molecular weight excluding hydrogens is 405 g/mol. The molecule has 0 amide bonds. The van der Waals surface area contributed by atoms with Crippen LogP contribution in [-0.4, -0.2) is 29.8 Å². The van der Waals surface area contributed by atoms with Gasteiger partial charge in [0.25, 0.3) is 0 Å². The summed E-state index contributed by atoms with van der Waals surface area (Å²) in [6, 6.07) is 7.18. The topological polar surface area (TPSA) is 46.5 Å². The maximum Gasteiger partial charge on any atom is 0.417 e. The van der Waals surface area contributed by atoms with Gasteiger partial charge in [-0.05, 0) is 60.6 Å². The maximum atomic E-state index is 14.2. The van der Waals surface area contributed by atoms with Crippen molar-refractivity contribution in [2.75, 3.05) is 6.61 Å². The molecule has 0 radical (unpaired) electrons. The average molecular weight is 432 g/mol. The zero-order chi connectivity index (χ0) is 22.0. The van der Waals surface area contributed by atoms with Gasteiger partial charge >= 0.3 is 6.18 Å². The van der Waals surface area contributed by atoms with Crippen LogP contribution in [0.3, 0.4) is 0 Å². The van der Waals surface area contributed by atoms with E-state index in [9.17, 15) is 23.1 Å². The number of rotatable bonds is 2. The molecule has 4 aliphatic rings. The van der Waals surface area contributed by atoms with Gasteiger partial charge in [-0.25, -0.2) is 0 Å². The van der Waals surface area contributed by atoms with Crippen LogP contribution in [0.1, 0.15) is 67.3 Å². The number of fused-ring (bicyclic) bond motifs is 4. The highest BCUT2D eigenvalue weighted by Crippen LogP contribution is 2.69. The normalized spacial score (nSPS) is 37.3. The number of aliphatic hydroxyl groups is 1. The summed E-state index contributed by atoms with van der Waals surface area (Å²) in [4.78, 5) is 11.1. The number of benzene rings is 1. The van der Waals surface area contributed by atoms with E-state index in [2.05, 4.69) is 0 Å². The Bertz CT molecular complexity index is 961. The molecule has 2 saturated carbocycles. The lowest BCUT2D eigenvalue weighted by atomic mass is 9.51. The van der Waals surface area contributed by atoms with Gasteiger partial charge in [0, 0.05) is 23.3 Å². The number of aldehydes is 1. The van der Waals surface area contributed by atoms with Crippen LogP contribution in [0, 0.1) is 17.3 Å². The summed E-state index contributed by atoms with van der Waals surface area (Å²) in [5, 5.41) is 11.0. The van der Waals surface area contributed by atoms with Crippen LogP contribution in [0.4, 0.5) is 13.2 Å². The number of carbonyl (C=O) groups is 1. The van der Waals surface area contributed by atoms with Crippen LogP contribution in [0.2, 0.25) is 0 Å². The smallest absolute Gasteiger partial charge is 0.417 e. The minimum atomic E-state index is -4.66. The Morgan fingerprint density at radius 3 is 2.58 bits per heavy atom. The number of hydrogen-bond acceptors (Lipinski definition) is 3. The fourth-order valence-electron chi connectivity index (χ4n) is 7.01. The van der Waals surface area contributed by atoms with Crippen molar-refractivity contribution in [2.45, 2.75) is 63.1 Å². The van der Waals surface area contributed by atoms with E-state index in [1.807, 2.05) is 18.4 Å². The number of ether oxygens (including phenoxy) is 1. The van der Waals surface area contributed by atoms with E-state index in [1.165, 1.54) is 16.7 Å². The summed E-state index contributed by atoms with van der Waals surface area (Å²) >= 11 is 0. The Morgan fingerprint density at radius 2 is 1.90 bits per heavy atom. The van der Waals surface area contributed by atoms with Crippen molar-refractivity contribution in [3.63, 3.8) is 0 Å². The largest absolute Gasteiger partial charge is 0.501 e. The summed E-state index contributed by atoms with van der Waals surface area (Å²) in [7, 11) is 0. The van der Waals surface area contributed by atoms with E-state index >= 15 is 0 Å². The second-order valence-corrected chi connectivity index (χ2v) is 9.80. The molecule has 5 atom stereocenters. The number of allylic oxidation sites excluding steroid dienone is 2. The lowest BCUT2D eigenvalue weighted by Crippen LogP contribution is -2.58. The van der Waals surface area contributed by atoms with Crippen LogP contribution in [0.15, 0.2) is 47.2 Å². The van der Waals surface area contributed by atoms with Crippen molar-refractivity contribution in [1.29, 1.82) is 0 Å². The first-order valence-corrected chi connectivity index (χ1v) is 11.1. The molecule has 1 aliphatic heterocycles. The molecule has 0 bridgehead atoms. The standard InChI is InChI=1S/C25H27F3O3/c1-23-12-20(16-4-2-15(13-29)3-5-16)22-18-9-11-31-14-17(18)6-7-19(22)21(23)8-10-24(23,30)25(26,27)28/h2-5,13-14,19-21,30H,6-12H2,1H3/t19?,20?,21?,23-,24?/m0/s1. The highest BCUT2D eigenvalue weighted by Gasteiger charge is 2.72. The third-order valence-electron chi connectivity index (χ3n) is 8.57. The van der Waals surface area contributed by atoms with Gasteiger partial charge < -0.3 is 9.84 Å². The minimum Gasteiger partial charge on any atom is -0.501 e. The van der Waals surface area contributed by atoms with Gasteiger partial charge in [0.15, 0.2) is 5.60 Å². The van der Waals surface area contributed by atoms with Gasteiger partial charge in [-0.1, -0.05) is 36.8 Å². The zero-order valence-corrected chi connectivity index (χ0v) is 17.5. The molecule has 1 N–H and O–H groups in total. The van der Waals surface area contributed by atoms with Crippen molar-refractivity contribution in [2.24, 2.45) is 17.3 Å². The Hall–Kier alpha value is -2.08. The van der Waals surface area contributed by atoms with Gasteiger partial charge in [-0.15, -0.1) is 0 Å². The van der Waals surface area contributed by atoms with Crippen LogP contribution in [0.5, 0.6) is 0 Å². The number of alkyl halides is 3. The molecule has 3 aliphatic carbocycles. The van der Waals surface area contributed by atoms with Gasteiger partial charge in [-0.2, -0.15) is 13.2 Å². The fourth-order valence-corrected chi connectivity index (χ4v) is 7.01. The van der Waals surface area contributed by atoms with Crippen molar-refractivity contribution < 1.29 is 27.8 Å². The SMILES string of the molecule is C[C@]12CC(c3ccc(C=O)cc3)C3=C4CCOC=C4CCC3C1CCC2(O)C(F)(F)F. The first kappa shape index (κ1) is 20.8. The summed E-state index contributed by atoms with van der Waals surface area (Å²) in [6.07, 6.45) is 0.688. The van der Waals surface area contributed by atoms with Gasteiger partial charge in [0.05, 0.1) is 12.9 Å². The second kappa shape index (κ2) is 6.96. The van der Waals surface area contributed by atoms with Crippen LogP contribution < -0.4 is 0 Å². The second-order valence-electron chi connectivity index (χ2n) is 9.80.